The Bertz CT molecular complexity index is 2850. The van der Waals surface area contributed by atoms with Gasteiger partial charge >= 0.3 is 30.1 Å². The van der Waals surface area contributed by atoms with Crippen molar-refractivity contribution in [3.05, 3.63) is 71.3 Å². The van der Waals surface area contributed by atoms with Crippen LogP contribution in [0.1, 0.15) is 156 Å². The van der Waals surface area contributed by atoms with Gasteiger partial charge in [0.25, 0.3) is 0 Å². The lowest BCUT2D eigenvalue weighted by molar-refractivity contribution is -0.149. The summed E-state index contributed by atoms with van der Waals surface area (Å²) in [7, 11) is 9.54. The van der Waals surface area contributed by atoms with Crippen molar-refractivity contribution >= 4 is 47.4 Å². The van der Waals surface area contributed by atoms with Gasteiger partial charge in [-0.2, -0.15) is 0 Å². The van der Waals surface area contributed by atoms with Crippen LogP contribution in [0.4, 0.5) is 9.59 Å². The van der Waals surface area contributed by atoms with Crippen LogP contribution >= 0.6 is 0 Å². The van der Waals surface area contributed by atoms with Gasteiger partial charge in [0.2, 0.25) is 0 Å². The zero-order valence-electron chi connectivity index (χ0n) is 58.9. The first kappa shape index (κ1) is 79.7. The quantitative estimate of drug-likeness (QED) is 0.0369. The van der Waals surface area contributed by atoms with Crippen LogP contribution in [0.25, 0.3) is 0 Å². The van der Waals surface area contributed by atoms with Crippen molar-refractivity contribution in [2.75, 3.05) is 102 Å². The smallest absolute Gasteiger partial charge is 0.411 e. The van der Waals surface area contributed by atoms with Crippen LogP contribution in [0.3, 0.4) is 0 Å². The number of hydrogen-bond acceptors (Lipinski definition) is 23. The molecular formula is C70H103N3O22. The molecule has 1 N–H and O–H groups in total. The maximum Gasteiger partial charge on any atom is 0.411 e. The Kier molecular flexibility index (Phi) is 32.5. The number of carbonyl (C=O) groups is 8. The number of ether oxygens (including phenoxy) is 14. The molecule has 3 aromatic carbocycles. The van der Waals surface area contributed by atoms with Gasteiger partial charge in [-0.15, -0.1) is 0 Å². The number of amides is 2. The number of ketones is 3. The number of likely N-dealkylation sites (tertiary alicyclic amines) is 2. The number of benzene rings is 3. The molecule has 25 heteroatoms. The van der Waals surface area contributed by atoms with Crippen LogP contribution in [0, 0.1) is 17.8 Å². The van der Waals surface area contributed by atoms with Gasteiger partial charge in [-0.3, -0.25) is 34.3 Å². The number of nitrogens with zero attached hydrogens (tertiary/aromatic N) is 2. The minimum Gasteiger partial charge on any atom is -0.493 e. The van der Waals surface area contributed by atoms with E-state index in [1.807, 2.05) is 18.2 Å². The first-order chi connectivity index (χ1) is 45.1. The molecule has 3 aliphatic rings. The van der Waals surface area contributed by atoms with Gasteiger partial charge in [0.05, 0.1) is 73.1 Å². The Hall–Kier alpha value is -7.74. The molecule has 3 aliphatic heterocycles. The van der Waals surface area contributed by atoms with Gasteiger partial charge in [-0.25, -0.2) is 19.2 Å². The average molecular weight is 1340 g/mol. The molecule has 530 valence electrons. The van der Waals surface area contributed by atoms with Crippen LogP contribution < -0.4 is 33.7 Å². The van der Waals surface area contributed by atoms with E-state index in [2.05, 4.69) is 5.32 Å². The topological polar surface area (TPSA) is 284 Å². The maximum absolute atomic E-state index is 13.3. The first-order valence-corrected chi connectivity index (χ1v) is 32.3. The molecule has 95 heavy (non-hydrogen) atoms. The van der Waals surface area contributed by atoms with Crippen LogP contribution in [-0.4, -0.2) is 189 Å². The highest BCUT2D eigenvalue weighted by atomic mass is 16.6. The second kappa shape index (κ2) is 38.7. The van der Waals surface area contributed by atoms with Crippen LogP contribution in [0.15, 0.2) is 54.6 Å². The molecule has 3 heterocycles. The summed E-state index contributed by atoms with van der Waals surface area (Å²) in [4.78, 5) is 104. The molecule has 25 nitrogen and oxygen atoms in total. The molecule has 6 rings (SSSR count). The van der Waals surface area contributed by atoms with Crippen molar-refractivity contribution in [3.8, 4) is 34.5 Å². The van der Waals surface area contributed by atoms with Crippen molar-refractivity contribution in [2.24, 2.45) is 17.8 Å². The highest BCUT2D eigenvalue weighted by Crippen LogP contribution is 2.47. The second-order valence-electron chi connectivity index (χ2n) is 24.8. The summed E-state index contributed by atoms with van der Waals surface area (Å²) in [6.07, 6.45) is 1.47. The van der Waals surface area contributed by atoms with E-state index in [1.165, 1.54) is 37.9 Å². The Balaban J connectivity index is 0.000000306. The van der Waals surface area contributed by atoms with E-state index in [1.54, 1.807) is 134 Å². The summed E-state index contributed by atoms with van der Waals surface area (Å²) in [5.41, 5.74) is 0.584. The number of hydrogen-bond donors (Lipinski definition) is 1. The number of carbonyl (C=O) groups excluding carboxylic acids is 8. The largest absolute Gasteiger partial charge is 0.493 e. The molecule has 0 radical (unpaired) electrons. The van der Waals surface area contributed by atoms with Crippen molar-refractivity contribution < 1.29 is 105 Å². The van der Waals surface area contributed by atoms with E-state index in [4.69, 9.17) is 66.3 Å². The molecule has 9 atom stereocenters. The highest BCUT2D eigenvalue weighted by Gasteiger charge is 2.53. The molecule has 3 fully saturated rings. The van der Waals surface area contributed by atoms with Crippen molar-refractivity contribution in [3.63, 3.8) is 0 Å². The average Bonchev–Trinajstić information content (AvgIpc) is 1.64. The van der Waals surface area contributed by atoms with Crippen molar-refractivity contribution in [1.82, 2.24) is 15.1 Å². The normalized spacial score (nSPS) is 20.5. The Morgan fingerprint density at radius 2 is 0.758 bits per heavy atom. The zero-order valence-corrected chi connectivity index (χ0v) is 58.9. The minimum absolute atomic E-state index is 0.0395. The summed E-state index contributed by atoms with van der Waals surface area (Å²) >= 11 is 0. The fourth-order valence-electron chi connectivity index (χ4n) is 11.4. The Labute approximate surface area is 559 Å². The third-order valence-corrected chi connectivity index (χ3v) is 15.6. The molecule has 0 spiro atoms. The van der Waals surface area contributed by atoms with Crippen molar-refractivity contribution in [1.29, 1.82) is 0 Å². The van der Waals surface area contributed by atoms with E-state index in [0.717, 1.165) is 12.0 Å². The van der Waals surface area contributed by atoms with Gasteiger partial charge in [0.1, 0.15) is 46.7 Å². The third-order valence-electron chi connectivity index (χ3n) is 15.6. The van der Waals surface area contributed by atoms with Gasteiger partial charge in [0, 0.05) is 84.2 Å². The lowest BCUT2D eigenvalue weighted by Crippen LogP contribution is -2.45. The van der Waals surface area contributed by atoms with Crippen LogP contribution in [-0.2, 0) is 66.7 Å². The summed E-state index contributed by atoms with van der Waals surface area (Å²) < 4.78 is 75.8. The van der Waals surface area contributed by atoms with Gasteiger partial charge in [0.15, 0.2) is 34.5 Å². The van der Waals surface area contributed by atoms with E-state index >= 15 is 0 Å². The highest BCUT2D eigenvalue weighted by molar-refractivity contribution is 5.89. The fraction of sp³-hybridized carbons (Fsp3) is 0.629. The molecule has 0 aliphatic carbocycles. The van der Waals surface area contributed by atoms with Crippen LogP contribution in [0.2, 0.25) is 0 Å². The number of methoxy groups -OCH3 is 6. The van der Waals surface area contributed by atoms with Crippen LogP contribution in [0.5, 0.6) is 34.5 Å². The van der Waals surface area contributed by atoms with Crippen molar-refractivity contribution in [2.45, 2.75) is 169 Å². The Morgan fingerprint density at radius 1 is 0.432 bits per heavy atom. The molecular weight excluding hydrogens is 1230 g/mol. The number of Topliss-reactive ketones (excluding diaryl/α,β-unsaturated/α-hetero) is 3. The summed E-state index contributed by atoms with van der Waals surface area (Å²) in [5, 5.41) is 3.25. The second-order valence-corrected chi connectivity index (χ2v) is 24.8. The monoisotopic (exact) mass is 1340 g/mol. The zero-order chi connectivity index (χ0) is 70.7. The minimum atomic E-state index is -0.943. The van der Waals surface area contributed by atoms with E-state index in [0.29, 0.717) is 111 Å². The molecule has 2 amide bonds. The predicted octanol–water partition coefficient (Wildman–Crippen LogP) is 10.1. The molecule has 0 aromatic heterocycles. The van der Waals surface area contributed by atoms with E-state index < -0.39 is 77.4 Å². The van der Waals surface area contributed by atoms with Gasteiger partial charge < -0.3 is 66.3 Å². The first-order valence-electron chi connectivity index (χ1n) is 32.3. The van der Waals surface area contributed by atoms with E-state index in [9.17, 15) is 38.4 Å². The lowest BCUT2D eigenvalue weighted by atomic mass is 9.90. The SMILES string of the molecule is CCOC(=O)C1CC(C(C)=O)C(c2ccc(OC)c(OCCCOC)c2)N1.CCOC(=O)[C@@H]1C[C@H](C(C)=O)C(c2ccc(OC)c(OCCCOC)c2)N1C(=O)OC(C)(C)C.CCOC(=O)[C@H]1C[C@@H](C(C)=O)C(c2ccc(OC)c(OCCCOC)c2)N1C(=O)OC(C)(C)C. The number of esters is 3. The summed E-state index contributed by atoms with van der Waals surface area (Å²) in [6.45, 7) is 23.8. The molecule has 3 aromatic rings. The summed E-state index contributed by atoms with van der Waals surface area (Å²) in [5.74, 6) is 0.00451. The molecule has 3 saturated heterocycles. The molecule has 5 unspecified atom stereocenters. The molecule has 0 saturated carbocycles. The summed E-state index contributed by atoms with van der Waals surface area (Å²) in [6, 6.07) is 12.0. The Morgan fingerprint density at radius 3 is 1.06 bits per heavy atom. The van der Waals surface area contributed by atoms with Gasteiger partial charge in [-0.05, 0) is 155 Å². The standard InChI is InChI=1S/2C25H37NO8.C20H29NO6/c2*1-8-32-23(28)19-15-18(16(2)27)22(26(19)24(29)34-25(3,4)5)17-10-11-20(31-7)21(14-17)33-13-9-12-30-6;1-5-26-20(23)16-12-15(13(2)22)19(21-16)14-7-8-17(25-4)18(11-14)27-10-6-9-24-3/h2*10-11,14,18-19,22H,8-9,12-13,15H2,1-7H3;7-8,11,15-16,19,21H,5-6,9-10,12H2,1-4H3/t2*18-,19+,22?;/m10./s1. The number of nitrogens with one attached hydrogen (secondary N) is 1. The number of rotatable bonds is 30. The van der Waals surface area contributed by atoms with E-state index in [-0.39, 0.29) is 61.3 Å². The lowest BCUT2D eigenvalue weighted by Gasteiger charge is -2.33. The maximum atomic E-state index is 13.3. The third kappa shape index (κ3) is 23.3. The van der Waals surface area contributed by atoms with Gasteiger partial charge in [-0.1, -0.05) is 18.2 Å². The predicted molar refractivity (Wildman–Crippen MR) is 350 cm³/mol. The fourth-order valence-corrected chi connectivity index (χ4v) is 11.4. The molecule has 0 bridgehead atoms.